The number of amides is 1. The summed E-state index contributed by atoms with van der Waals surface area (Å²) in [7, 11) is 0. The van der Waals surface area contributed by atoms with Crippen LogP contribution in [0.25, 0.3) is 0 Å². The molecule has 1 amide bonds. The standard InChI is InChI=1S/C8H8ClN3O3/c9-6-2-1-5(11-12-6)8(15)10-4-3-7(13)14/h1-2H,3-4H2,(H,10,15)(H,13,14). The Bertz CT molecular complexity index is 366. The molecule has 0 unspecified atom stereocenters. The highest BCUT2D eigenvalue weighted by Crippen LogP contribution is 2.01. The van der Waals surface area contributed by atoms with E-state index in [1.54, 1.807) is 0 Å². The lowest BCUT2D eigenvalue weighted by Gasteiger charge is -2.01. The highest BCUT2D eigenvalue weighted by atomic mass is 35.5. The molecular weight excluding hydrogens is 222 g/mol. The van der Waals surface area contributed by atoms with Crippen molar-refractivity contribution in [2.75, 3.05) is 6.54 Å². The molecule has 15 heavy (non-hydrogen) atoms. The molecule has 0 aromatic carbocycles. The van der Waals surface area contributed by atoms with Crippen molar-refractivity contribution in [3.63, 3.8) is 0 Å². The van der Waals surface area contributed by atoms with Gasteiger partial charge in [-0.3, -0.25) is 9.59 Å². The van der Waals surface area contributed by atoms with Gasteiger partial charge in [-0.2, -0.15) is 0 Å². The highest BCUT2D eigenvalue weighted by Gasteiger charge is 2.07. The summed E-state index contributed by atoms with van der Waals surface area (Å²) in [6, 6.07) is 2.84. The molecule has 0 atom stereocenters. The van der Waals surface area contributed by atoms with E-state index in [1.807, 2.05) is 0 Å². The smallest absolute Gasteiger partial charge is 0.305 e. The van der Waals surface area contributed by atoms with Gasteiger partial charge in [0.2, 0.25) is 0 Å². The number of carboxylic acid groups (broad SMARTS) is 1. The molecule has 7 heteroatoms. The minimum Gasteiger partial charge on any atom is -0.481 e. The number of nitrogens with zero attached hydrogens (tertiary/aromatic N) is 2. The van der Waals surface area contributed by atoms with Gasteiger partial charge in [-0.05, 0) is 12.1 Å². The van der Waals surface area contributed by atoms with Gasteiger partial charge in [0.25, 0.3) is 5.91 Å². The van der Waals surface area contributed by atoms with Gasteiger partial charge in [-0.25, -0.2) is 0 Å². The Balaban J connectivity index is 2.47. The van der Waals surface area contributed by atoms with Crippen LogP contribution < -0.4 is 5.32 Å². The van der Waals surface area contributed by atoms with Crippen LogP contribution in [-0.4, -0.2) is 33.7 Å². The van der Waals surface area contributed by atoms with Crippen LogP contribution in [-0.2, 0) is 4.79 Å². The molecule has 0 saturated heterocycles. The first-order chi connectivity index (χ1) is 7.09. The molecular formula is C8H8ClN3O3. The van der Waals surface area contributed by atoms with E-state index in [0.29, 0.717) is 0 Å². The van der Waals surface area contributed by atoms with Gasteiger partial charge >= 0.3 is 5.97 Å². The molecule has 1 heterocycles. The number of halogens is 1. The zero-order valence-electron chi connectivity index (χ0n) is 7.61. The Hall–Kier alpha value is -1.69. The Morgan fingerprint density at radius 1 is 1.40 bits per heavy atom. The minimum atomic E-state index is -0.975. The summed E-state index contributed by atoms with van der Waals surface area (Å²) in [4.78, 5) is 21.5. The average molecular weight is 230 g/mol. The summed E-state index contributed by atoms with van der Waals surface area (Å²) < 4.78 is 0. The van der Waals surface area contributed by atoms with Gasteiger partial charge in [0, 0.05) is 6.54 Å². The van der Waals surface area contributed by atoms with Crippen LogP contribution in [0.5, 0.6) is 0 Å². The third kappa shape index (κ3) is 3.90. The molecule has 80 valence electrons. The van der Waals surface area contributed by atoms with E-state index in [0.717, 1.165) is 0 Å². The number of hydrogen-bond acceptors (Lipinski definition) is 4. The molecule has 1 aromatic heterocycles. The van der Waals surface area contributed by atoms with Gasteiger partial charge in [-0.15, -0.1) is 10.2 Å². The van der Waals surface area contributed by atoms with Gasteiger partial charge < -0.3 is 10.4 Å². The summed E-state index contributed by atoms with van der Waals surface area (Å²) in [5.74, 6) is -1.45. The number of carboxylic acids is 1. The molecule has 0 aliphatic carbocycles. The predicted octanol–water partition coefficient (Wildman–Crippen LogP) is 0.335. The van der Waals surface area contributed by atoms with Crippen LogP contribution in [0.4, 0.5) is 0 Å². The second kappa shape index (κ2) is 5.26. The summed E-state index contributed by atoms with van der Waals surface area (Å²) in [5, 5.41) is 17.9. The van der Waals surface area contributed by atoms with E-state index in [2.05, 4.69) is 15.5 Å². The van der Waals surface area contributed by atoms with Crippen molar-refractivity contribution in [2.24, 2.45) is 0 Å². The largest absolute Gasteiger partial charge is 0.481 e. The van der Waals surface area contributed by atoms with Crippen molar-refractivity contribution in [1.82, 2.24) is 15.5 Å². The number of rotatable bonds is 4. The molecule has 6 nitrogen and oxygen atoms in total. The number of carbonyl (C=O) groups excluding carboxylic acids is 1. The predicted molar refractivity (Wildman–Crippen MR) is 51.6 cm³/mol. The van der Waals surface area contributed by atoms with Gasteiger partial charge in [0.05, 0.1) is 6.42 Å². The second-order valence-electron chi connectivity index (χ2n) is 2.64. The summed E-state index contributed by atoms with van der Waals surface area (Å²) >= 11 is 5.48. The van der Waals surface area contributed by atoms with Crippen LogP contribution in [0.3, 0.4) is 0 Å². The third-order valence-electron chi connectivity index (χ3n) is 1.49. The SMILES string of the molecule is O=C(O)CCNC(=O)c1ccc(Cl)nn1. The fraction of sp³-hybridized carbons (Fsp3) is 0.250. The summed E-state index contributed by atoms with van der Waals surface area (Å²) in [5.41, 5.74) is 0.102. The fourth-order valence-electron chi connectivity index (χ4n) is 0.811. The van der Waals surface area contributed by atoms with Crippen molar-refractivity contribution in [3.8, 4) is 0 Å². The minimum absolute atomic E-state index is 0.0540. The average Bonchev–Trinajstić information content (AvgIpc) is 2.18. The molecule has 0 aliphatic rings. The highest BCUT2D eigenvalue weighted by molar-refractivity contribution is 6.29. The van der Waals surface area contributed by atoms with Crippen LogP contribution in [0.1, 0.15) is 16.9 Å². The molecule has 0 saturated carbocycles. The normalized spacial score (nSPS) is 9.67. The van der Waals surface area contributed by atoms with Crippen molar-refractivity contribution in [2.45, 2.75) is 6.42 Å². The lowest BCUT2D eigenvalue weighted by Crippen LogP contribution is -2.26. The van der Waals surface area contributed by atoms with E-state index in [1.165, 1.54) is 12.1 Å². The molecule has 0 spiro atoms. The van der Waals surface area contributed by atoms with E-state index in [9.17, 15) is 9.59 Å². The zero-order chi connectivity index (χ0) is 11.3. The number of hydrogen-bond donors (Lipinski definition) is 2. The Kier molecular flexibility index (Phi) is 3.99. The summed E-state index contributed by atoms with van der Waals surface area (Å²) in [6.07, 6.45) is -0.132. The van der Waals surface area contributed by atoms with Gasteiger partial charge in [-0.1, -0.05) is 11.6 Å². The lowest BCUT2D eigenvalue weighted by atomic mass is 10.3. The Morgan fingerprint density at radius 2 is 2.13 bits per heavy atom. The number of nitrogens with one attached hydrogen (secondary N) is 1. The Labute approximate surface area is 90.3 Å². The first-order valence-corrected chi connectivity index (χ1v) is 4.46. The maximum absolute atomic E-state index is 11.3. The molecule has 0 bridgehead atoms. The Morgan fingerprint density at radius 3 is 2.67 bits per heavy atom. The van der Waals surface area contributed by atoms with E-state index in [4.69, 9.17) is 16.7 Å². The van der Waals surface area contributed by atoms with Crippen molar-refractivity contribution in [3.05, 3.63) is 23.0 Å². The van der Waals surface area contributed by atoms with Gasteiger partial charge in [0.15, 0.2) is 10.8 Å². The molecule has 0 radical (unpaired) electrons. The summed E-state index contributed by atoms with van der Waals surface area (Å²) in [6.45, 7) is 0.0540. The van der Waals surface area contributed by atoms with E-state index < -0.39 is 11.9 Å². The van der Waals surface area contributed by atoms with E-state index >= 15 is 0 Å². The zero-order valence-corrected chi connectivity index (χ0v) is 8.36. The molecule has 2 N–H and O–H groups in total. The lowest BCUT2D eigenvalue weighted by molar-refractivity contribution is -0.136. The first-order valence-electron chi connectivity index (χ1n) is 4.09. The second-order valence-corrected chi connectivity index (χ2v) is 3.03. The maximum atomic E-state index is 11.3. The van der Waals surface area contributed by atoms with Crippen molar-refractivity contribution >= 4 is 23.5 Å². The van der Waals surface area contributed by atoms with E-state index in [-0.39, 0.29) is 23.8 Å². The molecule has 0 fully saturated rings. The van der Waals surface area contributed by atoms with Crippen LogP contribution >= 0.6 is 11.6 Å². The molecule has 1 aromatic rings. The number of aromatic nitrogens is 2. The van der Waals surface area contributed by atoms with Crippen LogP contribution in [0.15, 0.2) is 12.1 Å². The third-order valence-corrected chi connectivity index (χ3v) is 1.69. The van der Waals surface area contributed by atoms with Crippen molar-refractivity contribution < 1.29 is 14.7 Å². The maximum Gasteiger partial charge on any atom is 0.305 e. The molecule has 0 aliphatic heterocycles. The van der Waals surface area contributed by atoms with Gasteiger partial charge in [0.1, 0.15) is 0 Å². The monoisotopic (exact) mass is 229 g/mol. The van der Waals surface area contributed by atoms with Crippen molar-refractivity contribution in [1.29, 1.82) is 0 Å². The number of aliphatic carboxylic acids is 1. The fourth-order valence-corrected chi connectivity index (χ4v) is 0.911. The number of carbonyl (C=O) groups is 2. The quantitative estimate of drug-likeness (QED) is 0.777. The first kappa shape index (κ1) is 11.4. The van der Waals surface area contributed by atoms with Crippen LogP contribution in [0, 0.1) is 0 Å². The molecule has 1 rings (SSSR count). The topological polar surface area (TPSA) is 92.2 Å². The van der Waals surface area contributed by atoms with Crippen LogP contribution in [0.2, 0.25) is 5.15 Å².